The molecule has 8 heteroatoms. The molecule has 0 bridgehead atoms. The molecule has 2 aromatic rings. The van der Waals surface area contributed by atoms with Crippen molar-refractivity contribution in [1.29, 1.82) is 0 Å². The average molecular weight is 419 g/mol. The summed E-state index contributed by atoms with van der Waals surface area (Å²) in [5.74, 6) is -1.24. The molecule has 4 nitrogen and oxygen atoms in total. The molecule has 0 atom stereocenters. The van der Waals surface area contributed by atoms with E-state index in [2.05, 4.69) is 5.32 Å². The van der Waals surface area contributed by atoms with Crippen molar-refractivity contribution in [3.05, 3.63) is 68.1 Å². The van der Waals surface area contributed by atoms with Gasteiger partial charge in [-0.25, -0.2) is 4.79 Å². The Labute approximate surface area is 164 Å². The molecule has 0 spiro atoms. The molecule has 0 heterocycles. The van der Waals surface area contributed by atoms with Crippen LogP contribution in [0, 0.1) is 0 Å². The average Bonchev–Trinajstić information content (AvgIpc) is 2.55. The van der Waals surface area contributed by atoms with Crippen molar-refractivity contribution in [3.63, 3.8) is 0 Å². The standard InChI is InChI=1S/C17H11Cl4NO3/c18-11-3-1-10(14(21)7-11)2-6-17(24)25-9-16(23)22-15-8-12(19)4-5-13(15)20/h1-8H,9H2,(H,22,23)/b6-2+. The summed E-state index contributed by atoms with van der Waals surface area (Å²) in [6, 6.07) is 9.47. The number of anilines is 1. The summed E-state index contributed by atoms with van der Waals surface area (Å²) >= 11 is 23.5. The van der Waals surface area contributed by atoms with Crippen molar-refractivity contribution < 1.29 is 14.3 Å². The summed E-state index contributed by atoms with van der Waals surface area (Å²) in [7, 11) is 0. The fourth-order valence-electron chi connectivity index (χ4n) is 1.76. The van der Waals surface area contributed by atoms with E-state index in [9.17, 15) is 9.59 Å². The quantitative estimate of drug-likeness (QED) is 0.515. The van der Waals surface area contributed by atoms with Gasteiger partial charge in [0.05, 0.1) is 10.7 Å². The van der Waals surface area contributed by atoms with E-state index in [0.717, 1.165) is 6.08 Å². The first-order valence-electron chi connectivity index (χ1n) is 6.90. The highest BCUT2D eigenvalue weighted by Crippen LogP contribution is 2.25. The third kappa shape index (κ3) is 6.25. The van der Waals surface area contributed by atoms with Gasteiger partial charge in [0.15, 0.2) is 6.61 Å². The summed E-state index contributed by atoms with van der Waals surface area (Å²) in [4.78, 5) is 23.5. The van der Waals surface area contributed by atoms with Crippen molar-refractivity contribution in [2.75, 3.05) is 11.9 Å². The Hall–Kier alpha value is -1.72. The second-order valence-corrected chi connectivity index (χ2v) is 6.47. The summed E-state index contributed by atoms with van der Waals surface area (Å²) in [5.41, 5.74) is 0.928. The molecule has 25 heavy (non-hydrogen) atoms. The number of hydrogen-bond acceptors (Lipinski definition) is 3. The zero-order valence-electron chi connectivity index (χ0n) is 12.6. The van der Waals surface area contributed by atoms with E-state index in [1.54, 1.807) is 30.3 Å². The van der Waals surface area contributed by atoms with Gasteiger partial charge in [-0.05, 0) is 42.0 Å². The Balaban J connectivity index is 1.87. The minimum Gasteiger partial charge on any atom is -0.452 e. The lowest BCUT2D eigenvalue weighted by Gasteiger charge is -2.07. The molecule has 0 aromatic heterocycles. The van der Waals surface area contributed by atoms with E-state index in [4.69, 9.17) is 51.1 Å². The lowest BCUT2D eigenvalue weighted by molar-refractivity contribution is -0.142. The number of amides is 1. The van der Waals surface area contributed by atoms with Crippen LogP contribution in [0.3, 0.4) is 0 Å². The second kappa shape index (κ2) is 9.11. The first-order valence-corrected chi connectivity index (χ1v) is 8.41. The van der Waals surface area contributed by atoms with Gasteiger partial charge < -0.3 is 10.1 Å². The van der Waals surface area contributed by atoms with Gasteiger partial charge >= 0.3 is 5.97 Å². The van der Waals surface area contributed by atoms with Crippen LogP contribution in [0.1, 0.15) is 5.56 Å². The molecule has 0 radical (unpaired) electrons. The number of benzene rings is 2. The number of carbonyl (C=O) groups is 2. The van der Waals surface area contributed by atoms with Crippen molar-refractivity contribution >= 4 is 70.0 Å². The van der Waals surface area contributed by atoms with Gasteiger partial charge in [-0.2, -0.15) is 0 Å². The number of rotatable bonds is 5. The normalized spacial score (nSPS) is 10.7. The van der Waals surface area contributed by atoms with Gasteiger partial charge in [-0.3, -0.25) is 4.79 Å². The molecule has 1 N–H and O–H groups in total. The Morgan fingerprint density at radius 3 is 2.36 bits per heavy atom. The van der Waals surface area contributed by atoms with Crippen LogP contribution >= 0.6 is 46.4 Å². The van der Waals surface area contributed by atoms with E-state index < -0.39 is 18.5 Å². The first-order chi connectivity index (χ1) is 11.8. The van der Waals surface area contributed by atoms with Gasteiger partial charge in [0, 0.05) is 21.1 Å². The Morgan fingerprint density at radius 2 is 1.64 bits per heavy atom. The molecule has 130 valence electrons. The van der Waals surface area contributed by atoms with E-state index in [-0.39, 0.29) is 0 Å². The Bertz CT molecular complexity index is 837. The molecule has 0 aliphatic carbocycles. The lowest BCUT2D eigenvalue weighted by atomic mass is 10.2. The number of nitrogens with one attached hydrogen (secondary N) is 1. The topological polar surface area (TPSA) is 55.4 Å². The molecular weight excluding hydrogens is 408 g/mol. The van der Waals surface area contributed by atoms with Crippen molar-refractivity contribution in [3.8, 4) is 0 Å². The molecule has 1 amide bonds. The van der Waals surface area contributed by atoms with Crippen LogP contribution in [-0.2, 0) is 14.3 Å². The van der Waals surface area contributed by atoms with Gasteiger partial charge in [-0.1, -0.05) is 52.5 Å². The Kier molecular flexibility index (Phi) is 7.14. The number of halogens is 4. The van der Waals surface area contributed by atoms with Crippen molar-refractivity contribution in [1.82, 2.24) is 0 Å². The van der Waals surface area contributed by atoms with E-state index in [1.165, 1.54) is 12.1 Å². The molecule has 0 unspecified atom stereocenters. The summed E-state index contributed by atoms with van der Waals surface area (Å²) < 4.78 is 4.85. The van der Waals surface area contributed by atoms with E-state index in [1.807, 2.05) is 0 Å². The predicted octanol–water partition coefficient (Wildman–Crippen LogP) is 5.50. The maximum absolute atomic E-state index is 11.8. The van der Waals surface area contributed by atoms with Crippen LogP contribution in [0.2, 0.25) is 20.1 Å². The third-order valence-corrected chi connectivity index (χ3v) is 4.04. The smallest absolute Gasteiger partial charge is 0.331 e. The maximum atomic E-state index is 11.8. The molecule has 0 aliphatic heterocycles. The molecule has 2 aromatic carbocycles. The number of hydrogen-bond donors (Lipinski definition) is 1. The molecular formula is C17H11Cl4NO3. The van der Waals surface area contributed by atoms with Gasteiger partial charge in [-0.15, -0.1) is 0 Å². The second-order valence-electron chi connectivity index (χ2n) is 4.78. The highest BCUT2D eigenvalue weighted by atomic mass is 35.5. The van der Waals surface area contributed by atoms with E-state index in [0.29, 0.717) is 31.3 Å². The van der Waals surface area contributed by atoms with Crippen LogP contribution in [0.4, 0.5) is 5.69 Å². The molecule has 0 fully saturated rings. The minimum absolute atomic E-state index is 0.321. The summed E-state index contributed by atoms with van der Waals surface area (Å²) in [6.07, 6.45) is 2.63. The lowest BCUT2D eigenvalue weighted by Crippen LogP contribution is -2.20. The first kappa shape index (κ1) is 19.6. The van der Waals surface area contributed by atoms with Gasteiger partial charge in [0.25, 0.3) is 5.91 Å². The fraction of sp³-hybridized carbons (Fsp3) is 0.0588. The van der Waals surface area contributed by atoms with Crippen molar-refractivity contribution in [2.24, 2.45) is 0 Å². The Morgan fingerprint density at radius 1 is 0.960 bits per heavy atom. The van der Waals surface area contributed by atoms with Gasteiger partial charge in [0.1, 0.15) is 0 Å². The zero-order chi connectivity index (χ0) is 18.4. The monoisotopic (exact) mass is 417 g/mol. The number of esters is 1. The van der Waals surface area contributed by atoms with Crippen LogP contribution in [0.5, 0.6) is 0 Å². The van der Waals surface area contributed by atoms with Crippen LogP contribution < -0.4 is 5.32 Å². The largest absolute Gasteiger partial charge is 0.452 e. The zero-order valence-corrected chi connectivity index (χ0v) is 15.6. The fourth-order valence-corrected chi connectivity index (χ4v) is 2.57. The minimum atomic E-state index is -0.696. The SMILES string of the molecule is O=C(COC(=O)/C=C/c1ccc(Cl)cc1Cl)Nc1cc(Cl)ccc1Cl. The number of carbonyl (C=O) groups excluding carboxylic acids is 2. The maximum Gasteiger partial charge on any atom is 0.331 e. The molecule has 0 saturated heterocycles. The van der Waals surface area contributed by atoms with Crippen LogP contribution in [-0.4, -0.2) is 18.5 Å². The highest BCUT2D eigenvalue weighted by molar-refractivity contribution is 6.36. The van der Waals surface area contributed by atoms with Gasteiger partial charge in [0.2, 0.25) is 0 Å². The van der Waals surface area contributed by atoms with Crippen LogP contribution in [0.25, 0.3) is 6.08 Å². The summed E-state index contributed by atoms with van der Waals surface area (Å²) in [6.45, 7) is -0.472. The molecule has 0 saturated carbocycles. The number of ether oxygens (including phenoxy) is 1. The highest BCUT2D eigenvalue weighted by Gasteiger charge is 2.09. The van der Waals surface area contributed by atoms with Crippen molar-refractivity contribution in [2.45, 2.75) is 0 Å². The third-order valence-electron chi connectivity index (χ3n) is 2.91. The van der Waals surface area contributed by atoms with Crippen LogP contribution in [0.15, 0.2) is 42.5 Å². The molecule has 0 aliphatic rings. The summed E-state index contributed by atoms with van der Waals surface area (Å²) in [5, 5.41) is 4.12. The van der Waals surface area contributed by atoms with E-state index >= 15 is 0 Å². The molecule has 2 rings (SSSR count). The predicted molar refractivity (Wildman–Crippen MR) is 102 cm³/mol.